The van der Waals surface area contributed by atoms with Gasteiger partial charge in [0.2, 0.25) is 5.91 Å². The zero-order valence-electron chi connectivity index (χ0n) is 9.33. The van der Waals surface area contributed by atoms with Gasteiger partial charge in [0.15, 0.2) is 0 Å². The van der Waals surface area contributed by atoms with E-state index in [2.05, 4.69) is 6.58 Å². The maximum absolute atomic E-state index is 11.7. The molecular weight excluding hydrogens is 257 g/mol. The molecule has 0 saturated carbocycles. The van der Waals surface area contributed by atoms with Crippen molar-refractivity contribution in [1.82, 2.24) is 4.90 Å². The van der Waals surface area contributed by atoms with Crippen LogP contribution in [0.1, 0.15) is 12.0 Å². The van der Waals surface area contributed by atoms with Crippen LogP contribution in [0.25, 0.3) is 0 Å². The van der Waals surface area contributed by atoms with E-state index >= 15 is 0 Å². The molecule has 1 aliphatic rings. The summed E-state index contributed by atoms with van der Waals surface area (Å²) in [4.78, 5) is 13.5. The SMILES string of the molecule is C=CC1CC(=O)N(Cc2ccc(Cl)cc2Cl)C1. The fourth-order valence-corrected chi connectivity index (χ4v) is 2.44. The summed E-state index contributed by atoms with van der Waals surface area (Å²) < 4.78 is 0. The Morgan fingerprint density at radius 2 is 2.24 bits per heavy atom. The predicted octanol–water partition coefficient (Wildman–Crippen LogP) is 3.53. The van der Waals surface area contributed by atoms with Crippen molar-refractivity contribution >= 4 is 29.1 Å². The van der Waals surface area contributed by atoms with Crippen molar-refractivity contribution in [1.29, 1.82) is 0 Å². The minimum atomic E-state index is 0.154. The van der Waals surface area contributed by atoms with Crippen molar-refractivity contribution < 1.29 is 4.79 Å². The number of amides is 1. The molecule has 0 radical (unpaired) electrons. The van der Waals surface area contributed by atoms with Gasteiger partial charge >= 0.3 is 0 Å². The van der Waals surface area contributed by atoms with Crippen LogP contribution in [0.3, 0.4) is 0 Å². The van der Waals surface area contributed by atoms with E-state index < -0.39 is 0 Å². The van der Waals surface area contributed by atoms with Gasteiger partial charge in [0.1, 0.15) is 0 Å². The van der Waals surface area contributed by atoms with Gasteiger partial charge in [-0.25, -0.2) is 0 Å². The van der Waals surface area contributed by atoms with E-state index in [9.17, 15) is 4.79 Å². The van der Waals surface area contributed by atoms with Crippen molar-refractivity contribution in [3.63, 3.8) is 0 Å². The minimum Gasteiger partial charge on any atom is -0.338 e. The third-order valence-corrected chi connectivity index (χ3v) is 3.54. The molecule has 1 fully saturated rings. The molecule has 90 valence electrons. The molecule has 1 amide bonds. The fraction of sp³-hybridized carbons (Fsp3) is 0.308. The number of nitrogens with zero attached hydrogens (tertiary/aromatic N) is 1. The van der Waals surface area contributed by atoms with Gasteiger partial charge in [-0.2, -0.15) is 0 Å². The van der Waals surface area contributed by atoms with Gasteiger partial charge in [-0.3, -0.25) is 4.79 Å². The Kier molecular flexibility index (Phi) is 3.75. The van der Waals surface area contributed by atoms with Crippen LogP contribution in [0.4, 0.5) is 0 Å². The number of hydrogen-bond donors (Lipinski definition) is 0. The Balaban J connectivity index is 2.11. The molecule has 1 aliphatic heterocycles. The standard InChI is InChI=1S/C13H13Cl2NO/c1-2-9-5-13(17)16(7-9)8-10-3-4-11(14)6-12(10)15/h2-4,6,9H,1,5,7-8H2. The van der Waals surface area contributed by atoms with Gasteiger partial charge < -0.3 is 4.90 Å². The zero-order chi connectivity index (χ0) is 12.4. The lowest BCUT2D eigenvalue weighted by Crippen LogP contribution is -2.24. The maximum Gasteiger partial charge on any atom is 0.223 e. The molecular formula is C13H13Cl2NO. The average molecular weight is 270 g/mol. The third kappa shape index (κ3) is 2.82. The highest BCUT2D eigenvalue weighted by atomic mass is 35.5. The molecule has 0 spiro atoms. The summed E-state index contributed by atoms with van der Waals surface area (Å²) in [5, 5.41) is 1.21. The zero-order valence-corrected chi connectivity index (χ0v) is 10.8. The van der Waals surface area contributed by atoms with Gasteiger partial charge in [-0.1, -0.05) is 35.3 Å². The summed E-state index contributed by atoms with van der Waals surface area (Å²) in [5.41, 5.74) is 0.925. The molecule has 2 rings (SSSR count). The summed E-state index contributed by atoms with van der Waals surface area (Å²) in [7, 11) is 0. The summed E-state index contributed by atoms with van der Waals surface area (Å²) >= 11 is 11.9. The lowest BCUT2D eigenvalue weighted by atomic mass is 10.1. The molecule has 1 atom stereocenters. The smallest absolute Gasteiger partial charge is 0.223 e. The number of carbonyl (C=O) groups excluding carboxylic acids is 1. The number of carbonyl (C=O) groups is 1. The van der Waals surface area contributed by atoms with Crippen LogP contribution >= 0.6 is 23.2 Å². The van der Waals surface area contributed by atoms with Crippen molar-refractivity contribution in [3.8, 4) is 0 Å². The summed E-state index contributed by atoms with van der Waals surface area (Å²) in [6, 6.07) is 5.34. The van der Waals surface area contributed by atoms with E-state index in [1.165, 1.54) is 0 Å². The molecule has 0 bridgehead atoms. The topological polar surface area (TPSA) is 20.3 Å². The minimum absolute atomic E-state index is 0.154. The second-order valence-electron chi connectivity index (χ2n) is 4.21. The molecule has 1 aromatic carbocycles. The fourth-order valence-electron chi connectivity index (χ4n) is 1.97. The van der Waals surface area contributed by atoms with Crippen LogP contribution in [0.5, 0.6) is 0 Å². The normalized spacial score (nSPS) is 19.8. The van der Waals surface area contributed by atoms with E-state index in [1.54, 1.807) is 12.1 Å². The van der Waals surface area contributed by atoms with E-state index in [0.717, 1.165) is 12.1 Å². The monoisotopic (exact) mass is 269 g/mol. The molecule has 1 unspecified atom stereocenters. The van der Waals surface area contributed by atoms with E-state index in [4.69, 9.17) is 23.2 Å². The van der Waals surface area contributed by atoms with Crippen molar-refractivity contribution in [2.24, 2.45) is 5.92 Å². The van der Waals surface area contributed by atoms with Crippen LogP contribution in [0, 0.1) is 5.92 Å². The first-order chi connectivity index (χ1) is 8.10. The van der Waals surface area contributed by atoms with Crippen LogP contribution < -0.4 is 0 Å². The lowest BCUT2D eigenvalue weighted by molar-refractivity contribution is -0.128. The lowest BCUT2D eigenvalue weighted by Gasteiger charge is -2.17. The van der Waals surface area contributed by atoms with Crippen LogP contribution in [-0.2, 0) is 11.3 Å². The Labute approximate surface area is 111 Å². The first kappa shape index (κ1) is 12.5. The predicted molar refractivity (Wildman–Crippen MR) is 70.2 cm³/mol. The van der Waals surface area contributed by atoms with Gasteiger partial charge in [0.05, 0.1) is 0 Å². The second-order valence-corrected chi connectivity index (χ2v) is 5.05. The highest BCUT2D eigenvalue weighted by molar-refractivity contribution is 6.35. The van der Waals surface area contributed by atoms with E-state index in [-0.39, 0.29) is 11.8 Å². The summed E-state index contributed by atoms with van der Waals surface area (Å²) in [6.45, 7) is 4.99. The van der Waals surface area contributed by atoms with Crippen LogP contribution in [0.2, 0.25) is 10.0 Å². The van der Waals surface area contributed by atoms with Gasteiger partial charge in [0.25, 0.3) is 0 Å². The molecule has 0 aromatic heterocycles. The molecule has 0 aliphatic carbocycles. The van der Waals surface area contributed by atoms with E-state index in [0.29, 0.717) is 23.0 Å². The van der Waals surface area contributed by atoms with Gasteiger partial charge in [-0.05, 0) is 17.7 Å². The largest absolute Gasteiger partial charge is 0.338 e. The second kappa shape index (κ2) is 5.11. The Morgan fingerprint density at radius 1 is 1.47 bits per heavy atom. The molecule has 1 heterocycles. The number of likely N-dealkylation sites (tertiary alicyclic amines) is 1. The van der Waals surface area contributed by atoms with E-state index in [1.807, 2.05) is 17.0 Å². The van der Waals surface area contributed by atoms with Crippen LogP contribution in [-0.4, -0.2) is 17.4 Å². The third-order valence-electron chi connectivity index (χ3n) is 2.95. The first-order valence-corrected chi connectivity index (χ1v) is 6.20. The van der Waals surface area contributed by atoms with Gasteiger partial charge in [-0.15, -0.1) is 6.58 Å². The Hall–Kier alpha value is -0.990. The molecule has 1 aromatic rings. The summed E-state index contributed by atoms with van der Waals surface area (Å²) in [5.74, 6) is 0.412. The Morgan fingerprint density at radius 3 is 2.82 bits per heavy atom. The molecule has 4 heteroatoms. The molecule has 2 nitrogen and oxygen atoms in total. The average Bonchev–Trinajstić information content (AvgIpc) is 2.64. The van der Waals surface area contributed by atoms with Gasteiger partial charge in [0, 0.05) is 35.5 Å². The number of halogens is 2. The quantitative estimate of drug-likeness (QED) is 0.769. The van der Waals surface area contributed by atoms with Crippen molar-refractivity contribution in [2.45, 2.75) is 13.0 Å². The highest BCUT2D eigenvalue weighted by Crippen LogP contribution is 2.25. The number of benzene rings is 1. The Bertz CT molecular complexity index is 459. The number of hydrogen-bond acceptors (Lipinski definition) is 1. The molecule has 17 heavy (non-hydrogen) atoms. The van der Waals surface area contributed by atoms with Crippen molar-refractivity contribution in [3.05, 3.63) is 46.5 Å². The van der Waals surface area contributed by atoms with Crippen molar-refractivity contribution in [2.75, 3.05) is 6.54 Å². The highest BCUT2D eigenvalue weighted by Gasteiger charge is 2.27. The molecule has 0 N–H and O–H groups in total. The van der Waals surface area contributed by atoms with Crippen LogP contribution in [0.15, 0.2) is 30.9 Å². The maximum atomic E-state index is 11.7. The summed E-state index contributed by atoms with van der Waals surface area (Å²) in [6.07, 6.45) is 2.38. The molecule has 1 saturated heterocycles. The number of rotatable bonds is 3. The first-order valence-electron chi connectivity index (χ1n) is 5.44.